The fraction of sp³-hybridized carbons (Fsp3) is 0.769. The third-order valence-electron chi connectivity index (χ3n) is 3.76. The van der Waals surface area contributed by atoms with Gasteiger partial charge in [0.25, 0.3) is 5.88 Å². The number of nitrogens with one attached hydrogen (secondary N) is 1. The molecule has 1 heterocycles. The van der Waals surface area contributed by atoms with Gasteiger partial charge >= 0.3 is 0 Å². The van der Waals surface area contributed by atoms with Gasteiger partial charge in [-0.25, -0.2) is 4.63 Å². The number of carbonyl (C=O) groups is 1. The number of aryl methyl sites for hydroxylation is 1. The third-order valence-corrected chi connectivity index (χ3v) is 3.76. The number of ether oxygens (including phenoxy) is 2. The van der Waals surface area contributed by atoms with Gasteiger partial charge in [-0.1, -0.05) is 5.16 Å². The van der Waals surface area contributed by atoms with Crippen LogP contribution in [0.5, 0.6) is 5.88 Å². The van der Waals surface area contributed by atoms with Crippen molar-refractivity contribution < 1.29 is 18.9 Å². The van der Waals surface area contributed by atoms with Gasteiger partial charge in [-0.05, 0) is 31.3 Å². The fourth-order valence-electron chi connectivity index (χ4n) is 2.53. The van der Waals surface area contributed by atoms with Crippen molar-refractivity contribution in [3.8, 4) is 5.88 Å². The van der Waals surface area contributed by atoms with Crippen LogP contribution >= 0.6 is 12.4 Å². The molecule has 0 radical (unpaired) electrons. The number of halogens is 1. The minimum Gasteiger partial charge on any atom is -0.472 e. The quantitative estimate of drug-likeness (QED) is 0.725. The summed E-state index contributed by atoms with van der Waals surface area (Å²) in [5.74, 6) is 0.312. The first kappa shape index (κ1) is 18.7. The summed E-state index contributed by atoms with van der Waals surface area (Å²) >= 11 is 0. The molecule has 0 unspecified atom stereocenters. The van der Waals surface area contributed by atoms with Crippen LogP contribution in [0.15, 0.2) is 4.63 Å². The predicted octanol–water partition coefficient (Wildman–Crippen LogP) is 0.437. The van der Waals surface area contributed by atoms with Crippen LogP contribution < -0.4 is 15.8 Å². The first-order valence-corrected chi connectivity index (χ1v) is 7.10. The zero-order valence-electron chi connectivity index (χ0n) is 12.8. The van der Waals surface area contributed by atoms with Crippen LogP contribution in [0, 0.1) is 12.8 Å². The largest absolute Gasteiger partial charge is 0.472 e. The zero-order chi connectivity index (χ0) is 15.2. The molecule has 0 aromatic carbocycles. The van der Waals surface area contributed by atoms with E-state index in [0.717, 1.165) is 12.8 Å². The number of aromatic nitrogens is 2. The number of hydrogen-bond acceptors (Lipinski definition) is 7. The lowest BCUT2D eigenvalue weighted by Gasteiger charge is -2.32. The van der Waals surface area contributed by atoms with E-state index >= 15 is 0 Å². The maximum Gasteiger partial charge on any atom is 0.278 e. The number of rotatable bonds is 6. The van der Waals surface area contributed by atoms with Crippen LogP contribution in [0.1, 0.15) is 25.0 Å². The fourth-order valence-corrected chi connectivity index (χ4v) is 2.53. The number of nitrogens with two attached hydrogens (primary N) is 1. The van der Waals surface area contributed by atoms with E-state index in [1.54, 1.807) is 14.0 Å². The predicted molar refractivity (Wildman–Crippen MR) is 80.9 cm³/mol. The smallest absolute Gasteiger partial charge is 0.278 e. The van der Waals surface area contributed by atoms with Gasteiger partial charge in [0.2, 0.25) is 5.91 Å². The molecule has 0 spiro atoms. The molecule has 22 heavy (non-hydrogen) atoms. The first-order valence-electron chi connectivity index (χ1n) is 7.10. The van der Waals surface area contributed by atoms with Crippen LogP contribution in [0.4, 0.5) is 0 Å². The summed E-state index contributed by atoms with van der Waals surface area (Å²) in [4.78, 5) is 12.1. The summed E-state index contributed by atoms with van der Waals surface area (Å²) in [5.41, 5.74) is 6.59. The Balaban J connectivity index is 0.00000242. The van der Waals surface area contributed by atoms with E-state index in [9.17, 15) is 4.79 Å². The molecule has 1 aromatic rings. The van der Waals surface area contributed by atoms with Crippen molar-refractivity contribution in [2.24, 2.45) is 11.7 Å². The van der Waals surface area contributed by atoms with Gasteiger partial charge in [0, 0.05) is 19.1 Å². The standard InChI is InChI=1S/C13H22N4O4.ClH/c1-8-13(17-21-16-8)20-6-5-15-12(18)9-3-4-11(19-2)10(14)7-9;/h9-11H,3-7,14H2,1-2H3,(H,15,18);1H/t9-,10+,11+;/m0./s1. The van der Waals surface area contributed by atoms with Crippen LogP contribution in [0.3, 0.4) is 0 Å². The molecule has 1 amide bonds. The Morgan fingerprint density at radius 2 is 2.23 bits per heavy atom. The molecule has 0 saturated heterocycles. The molecule has 8 nitrogen and oxygen atoms in total. The highest BCUT2D eigenvalue weighted by Crippen LogP contribution is 2.25. The zero-order valence-corrected chi connectivity index (χ0v) is 13.6. The molecule has 1 aromatic heterocycles. The van der Waals surface area contributed by atoms with Crippen LogP contribution in [0.25, 0.3) is 0 Å². The van der Waals surface area contributed by atoms with Crippen molar-refractivity contribution in [2.45, 2.75) is 38.3 Å². The SMILES string of the molecule is CO[C@@H]1CC[C@H](C(=O)NCCOc2nonc2C)C[C@H]1N.Cl. The maximum atomic E-state index is 12.1. The number of amides is 1. The number of carbonyl (C=O) groups excluding carboxylic acids is 1. The van der Waals surface area contributed by atoms with Crippen molar-refractivity contribution in [3.05, 3.63) is 5.69 Å². The molecule has 0 aliphatic heterocycles. The molecule has 3 atom stereocenters. The highest BCUT2D eigenvalue weighted by molar-refractivity contribution is 5.85. The Kier molecular flexibility index (Phi) is 7.57. The summed E-state index contributed by atoms with van der Waals surface area (Å²) in [6.45, 7) is 2.46. The minimum absolute atomic E-state index is 0. The molecule has 9 heteroatoms. The van der Waals surface area contributed by atoms with Gasteiger partial charge in [-0.3, -0.25) is 4.79 Å². The van der Waals surface area contributed by atoms with E-state index in [1.165, 1.54) is 0 Å². The van der Waals surface area contributed by atoms with Gasteiger partial charge < -0.3 is 20.5 Å². The molecule has 2 rings (SSSR count). The van der Waals surface area contributed by atoms with Crippen molar-refractivity contribution >= 4 is 18.3 Å². The second kappa shape index (κ2) is 8.92. The summed E-state index contributed by atoms with van der Waals surface area (Å²) in [6, 6.07) is -0.0837. The lowest BCUT2D eigenvalue weighted by atomic mass is 9.83. The molecular weight excluding hydrogens is 312 g/mol. The summed E-state index contributed by atoms with van der Waals surface area (Å²) in [6.07, 6.45) is 2.32. The van der Waals surface area contributed by atoms with E-state index in [2.05, 4.69) is 20.3 Å². The number of hydrogen-bond donors (Lipinski definition) is 2. The minimum atomic E-state index is -0.0837. The second-order valence-electron chi connectivity index (χ2n) is 5.24. The lowest BCUT2D eigenvalue weighted by Crippen LogP contribution is -2.46. The third kappa shape index (κ3) is 4.82. The number of methoxy groups -OCH3 is 1. The summed E-state index contributed by atoms with van der Waals surface area (Å²) < 4.78 is 15.1. The normalized spacial score (nSPS) is 24.4. The Labute approximate surface area is 135 Å². The number of nitrogens with zero attached hydrogens (tertiary/aromatic N) is 2. The molecule has 1 aliphatic rings. The highest BCUT2D eigenvalue weighted by atomic mass is 35.5. The monoisotopic (exact) mass is 334 g/mol. The Hall–Kier alpha value is -1.38. The van der Waals surface area contributed by atoms with E-state index in [4.69, 9.17) is 15.2 Å². The highest BCUT2D eigenvalue weighted by Gasteiger charge is 2.31. The lowest BCUT2D eigenvalue weighted by molar-refractivity contribution is -0.127. The van der Waals surface area contributed by atoms with Gasteiger partial charge in [0.05, 0.1) is 12.6 Å². The van der Waals surface area contributed by atoms with Gasteiger partial charge in [0.15, 0.2) is 0 Å². The van der Waals surface area contributed by atoms with E-state index in [0.29, 0.717) is 31.1 Å². The summed E-state index contributed by atoms with van der Waals surface area (Å²) in [7, 11) is 1.66. The van der Waals surface area contributed by atoms with E-state index in [-0.39, 0.29) is 36.4 Å². The van der Waals surface area contributed by atoms with Crippen molar-refractivity contribution in [2.75, 3.05) is 20.3 Å². The Morgan fingerprint density at radius 1 is 1.45 bits per heavy atom. The van der Waals surface area contributed by atoms with Crippen molar-refractivity contribution in [1.29, 1.82) is 0 Å². The summed E-state index contributed by atoms with van der Waals surface area (Å²) in [5, 5.41) is 10.1. The van der Waals surface area contributed by atoms with Crippen LogP contribution in [0.2, 0.25) is 0 Å². The second-order valence-corrected chi connectivity index (χ2v) is 5.24. The molecule has 126 valence electrons. The van der Waals surface area contributed by atoms with Crippen molar-refractivity contribution in [1.82, 2.24) is 15.6 Å². The molecule has 1 aliphatic carbocycles. The average Bonchev–Trinajstić information content (AvgIpc) is 2.88. The van der Waals surface area contributed by atoms with E-state index < -0.39 is 0 Å². The molecule has 0 bridgehead atoms. The maximum absolute atomic E-state index is 12.1. The Bertz CT molecular complexity index is 471. The van der Waals surface area contributed by atoms with Gasteiger partial charge in [-0.2, -0.15) is 0 Å². The van der Waals surface area contributed by atoms with Crippen molar-refractivity contribution in [3.63, 3.8) is 0 Å². The first-order chi connectivity index (χ1) is 10.1. The molecular formula is C13H23ClN4O4. The van der Waals surface area contributed by atoms with E-state index in [1.807, 2.05) is 0 Å². The Morgan fingerprint density at radius 3 is 2.82 bits per heavy atom. The van der Waals surface area contributed by atoms with Crippen LogP contribution in [-0.2, 0) is 9.53 Å². The van der Waals surface area contributed by atoms with Crippen LogP contribution in [-0.4, -0.2) is 48.6 Å². The molecule has 1 fully saturated rings. The van der Waals surface area contributed by atoms with Gasteiger partial charge in [-0.15, -0.1) is 12.4 Å². The topological polar surface area (TPSA) is 112 Å². The molecule has 1 saturated carbocycles. The average molecular weight is 335 g/mol. The van der Waals surface area contributed by atoms with Gasteiger partial charge in [0.1, 0.15) is 12.3 Å². The molecule has 3 N–H and O–H groups in total.